The van der Waals surface area contributed by atoms with E-state index in [4.69, 9.17) is 16.3 Å². The Hall–Kier alpha value is -2.78. The Balaban J connectivity index is 1.66. The van der Waals surface area contributed by atoms with Crippen LogP contribution in [0.3, 0.4) is 0 Å². The van der Waals surface area contributed by atoms with E-state index in [0.29, 0.717) is 22.9 Å². The van der Waals surface area contributed by atoms with Crippen molar-refractivity contribution in [2.24, 2.45) is 0 Å². The van der Waals surface area contributed by atoms with Gasteiger partial charge in [-0.3, -0.25) is 4.79 Å². The lowest BCUT2D eigenvalue weighted by Crippen LogP contribution is -2.11. The fourth-order valence-electron chi connectivity index (χ4n) is 2.25. The number of ether oxygens (including phenoxy) is 1. The first-order chi connectivity index (χ1) is 11.7. The van der Waals surface area contributed by atoms with Gasteiger partial charge in [0, 0.05) is 16.3 Å². The van der Waals surface area contributed by atoms with E-state index in [0.717, 1.165) is 11.3 Å². The van der Waals surface area contributed by atoms with Crippen molar-refractivity contribution in [1.29, 1.82) is 0 Å². The number of carbonyl (C=O) groups is 1. The summed E-state index contributed by atoms with van der Waals surface area (Å²) in [4.78, 5) is 12.3. The molecule has 0 fully saturated rings. The minimum atomic E-state index is -0.172. The molecule has 3 rings (SSSR count). The number of nitrogens with one attached hydrogen (secondary N) is 1. The molecule has 0 aliphatic heterocycles. The number of hydrogen-bond donors (Lipinski definition) is 1. The predicted molar refractivity (Wildman–Crippen MR) is 96.6 cm³/mol. The van der Waals surface area contributed by atoms with Crippen LogP contribution in [0.25, 0.3) is 0 Å². The molecular weight excluding hydrogens is 322 g/mol. The van der Waals surface area contributed by atoms with Gasteiger partial charge in [-0.15, -0.1) is 0 Å². The van der Waals surface area contributed by atoms with Crippen molar-refractivity contribution in [1.82, 2.24) is 0 Å². The highest BCUT2D eigenvalue weighted by molar-refractivity contribution is 6.30. The number of carbonyl (C=O) groups excluding carboxylic acids is 1. The smallest absolute Gasteiger partial charge is 0.255 e. The lowest BCUT2D eigenvalue weighted by molar-refractivity contribution is 0.102. The van der Waals surface area contributed by atoms with E-state index in [-0.39, 0.29) is 5.91 Å². The standard InChI is InChI=1S/C20H16ClNO2/c21-17-8-4-6-15(12-17)14-24-19-11-5-7-16(13-19)20(23)22-18-9-2-1-3-10-18/h1-13H,14H2,(H,22,23). The first-order valence-electron chi connectivity index (χ1n) is 7.54. The molecule has 3 nitrogen and oxygen atoms in total. The van der Waals surface area contributed by atoms with Crippen LogP contribution in [0.4, 0.5) is 5.69 Å². The zero-order valence-corrected chi connectivity index (χ0v) is 13.7. The largest absolute Gasteiger partial charge is 0.489 e. The van der Waals surface area contributed by atoms with Crippen molar-refractivity contribution in [3.05, 3.63) is 95.0 Å². The van der Waals surface area contributed by atoms with Crippen LogP contribution in [0.15, 0.2) is 78.9 Å². The number of halogens is 1. The number of anilines is 1. The highest BCUT2D eigenvalue weighted by atomic mass is 35.5. The minimum absolute atomic E-state index is 0.172. The zero-order valence-electron chi connectivity index (χ0n) is 12.9. The van der Waals surface area contributed by atoms with Crippen LogP contribution >= 0.6 is 11.6 Å². The molecule has 0 radical (unpaired) electrons. The maximum absolute atomic E-state index is 12.3. The highest BCUT2D eigenvalue weighted by Crippen LogP contribution is 2.18. The molecule has 0 saturated heterocycles. The Morgan fingerprint density at radius 2 is 1.71 bits per heavy atom. The van der Waals surface area contributed by atoms with Gasteiger partial charge >= 0.3 is 0 Å². The van der Waals surface area contributed by atoms with Crippen molar-refractivity contribution in [2.45, 2.75) is 6.61 Å². The molecule has 3 aromatic carbocycles. The average Bonchev–Trinajstić information content (AvgIpc) is 2.61. The molecule has 0 atom stereocenters. The molecule has 120 valence electrons. The first kappa shape index (κ1) is 16.1. The Bertz CT molecular complexity index is 834. The molecule has 1 amide bonds. The van der Waals surface area contributed by atoms with Gasteiger partial charge in [0.15, 0.2) is 0 Å². The summed E-state index contributed by atoms with van der Waals surface area (Å²) in [6.45, 7) is 0.393. The predicted octanol–water partition coefficient (Wildman–Crippen LogP) is 5.17. The number of hydrogen-bond acceptors (Lipinski definition) is 2. The van der Waals surface area contributed by atoms with E-state index in [2.05, 4.69) is 5.32 Å². The third-order valence-corrected chi connectivity index (χ3v) is 3.66. The third kappa shape index (κ3) is 4.37. The molecule has 0 aliphatic carbocycles. The Morgan fingerprint density at radius 1 is 0.917 bits per heavy atom. The van der Waals surface area contributed by atoms with Gasteiger partial charge in [-0.2, -0.15) is 0 Å². The fraction of sp³-hybridized carbons (Fsp3) is 0.0500. The van der Waals surface area contributed by atoms with E-state index in [1.54, 1.807) is 18.2 Å². The van der Waals surface area contributed by atoms with Crippen LogP contribution in [0.1, 0.15) is 15.9 Å². The summed E-state index contributed by atoms with van der Waals surface area (Å²) in [6.07, 6.45) is 0. The molecule has 1 N–H and O–H groups in total. The lowest BCUT2D eigenvalue weighted by atomic mass is 10.2. The molecule has 3 aromatic rings. The van der Waals surface area contributed by atoms with Crippen LogP contribution in [0.5, 0.6) is 5.75 Å². The maximum atomic E-state index is 12.3. The van der Waals surface area contributed by atoms with Gasteiger partial charge < -0.3 is 10.1 Å². The van der Waals surface area contributed by atoms with E-state index < -0.39 is 0 Å². The van der Waals surface area contributed by atoms with Crippen LogP contribution in [-0.4, -0.2) is 5.91 Å². The molecule has 0 unspecified atom stereocenters. The molecule has 0 heterocycles. The van der Waals surface area contributed by atoms with Crippen LogP contribution in [0, 0.1) is 0 Å². The van der Waals surface area contributed by atoms with Crippen molar-refractivity contribution in [3.63, 3.8) is 0 Å². The topological polar surface area (TPSA) is 38.3 Å². The van der Waals surface area contributed by atoms with E-state index in [1.165, 1.54) is 0 Å². The number of benzene rings is 3. The summed E-state index contributed by atoms with van der Waals surface area (Å²) >= 11 is 5.96. The van der Waals surface area contributed by atoms with E-state index in [9.17, 15) is 4.79 Å². The molecule has 0 saturated carbocycles. The zero-order chi connectivity index (χ0) is 16.8. The minimum Gasteiger partial charge on any atom is -0.489 e. The molecule has 24 heavy (non-hydrogen) atoms. The molecular formula is C20H16ClNO2. The van der Waals surface area contributed by atoms with E-state index >= 15 is 0 Å². The second-order valence-electron chi connectivity index (χ2n) is 5.27. The van der Waals surface area contributed by atoms with Crippen molar-refractivity contribution in [2.75, 3.05) is 5.32 Å². The average molecular weight is 338 g/mol. The van der Waals surface area contributed by atoms with Gasteiger partial charge in [0.1, 0.15) is 12.4 Å². The maximum Gasteiger partial charge on any atom is 0.255 e. The number of rotatable bonds is 5. The van der Waals surface area contributed by atoms with Crippen LogP contribution in [0.2, 0.25) is 5.02 Å². The van der Waals surface area contributed by atoms with Gasteiger partial charge in [-0.05, 0) is 48.0 Å². The molecule has 4 heteroatoms. The summed E-state index contributed by atoms with van der Waals surface area (Å²) in [7, 11) is 0. The summed E-state index contributed by atoms with van der Waals surface area (Å²) in [6, 6.07) is 23.9. The summed E-state index contributed by atoms with van der Waals surface area (Å²) in [5.41, 5.74) is 2.27. The molecule has 0 aromatic heterocycles. The first-order valence-corrected chi connectivity index (χ1v) is 7.92. The van der Waals surface area contributed by atoms with Gasteiger partial charge in [-0.25, -0.2) is 0 Å². The van der Waals surface area contributed by atoms with Crippen molar-refractivity contribution >= 4 is 23.2 Å². The number of amides is 1. The molecule has 0 spiro atoms. The van der Waals surface area contributed by atoms with Gasteiger partial charge in [0.05, 0.1) is 0 Å². The van der Waals surface area contributed by atoms with Crippen LogP contribution in [-0.2, 0) is 6.61 Å². The van der Waals surface area contributed by atoms with Gasteiger partial charge in [0.25, 0.3) is 5.91 Å². The third-order valence-electron chi connectivity index (χ3n) is 3.42. The van der Waals surface area contributed by atoms with Crippen molar-refractivity contribution in [3.8, 4) is 5.75 Å². The molecule has 0 bridgehead atoms. The van der Waals surface area contributed by atoms with E-state index in [1.807, 2.05) is 60.7 Å². The second-order valence-corrected chi connectivity index (χ2v) is 5.70. The Morgan fingerprint density at radius 3 is 2.50 bits per heavy atom. The molecule has 0 aliphatic rings. The summed E-state index contributed by atoms with van der Waals surface area (Å²) < 4.78 is 5.75. The Labute approximate surface area is 145 Å². The monoisotopic (exact) mass is 337 g/mol. The second kappa shape index (κ2) is 7.66. The fourth-order valence-corrected chi connectivity index (χ4v) is 2.46. The summed E-state index contributed by atoms with van der Waals surface area (Å²) in [5, 5.41) is 3.53. The Kier molecular flexibility index (Phi) is 5.14. The normalized spacial score (nSPS) is 10.2. The lowest BCUT2D eigenvalue weighted by Gasteiger charge is -2.09. The van der Waals surface area contributed by atoms with Gasteiger partial charge in [0.2, 0.25) is 0 Å². The SMILES string of the molecule is O=C(Nc1ccccc1)c1cccc(OCc2cccc(Cl)c2)c1. The quantitative estimate of drug-likeness (QED) is 0.697. The van der Waals surface area contributed by atoms with Gasteiger partial charge in [-0.1, -0.05) is 48.0 Å². The highest BCUT2D eigenvalue weighted by Gasteiger charge is 2.07. The van der Waals surface area contributed by atoms with Crippen LogP contribution < -0.4 is 10.1 Å². The van der Waals surface area contributed by atoms with Crippen molar-refractivity contribution < 1.29 is 9.53 Å². The number of para-hydroxylation sites is 1. The summed E-state index contributed by atoms with van der Waals surface area (Å²) in [5.74, 6) is 0.463.